The molecule has 7 nitrogen and oxygen atoms in total. The fourth-order valence-corrected chi connectivity index (χ4v) is 2.46. The fraction of sp³-hybridized carbons (Fsp3) is 0.0952. The number of furan rings is 1. The number of benzene rings is 2. The number of carbonyl (C=O) groups excluding carboxylic acids is 3. The lowest BCUT2D eigenvalue weighted by atomic mass is 10.1. The Bertz CT molecular complexity index is 1130. The average Bonchev–Trinajstić information content (AvgIpc) is 3.23. The van der Waals surface area contributed by atoms with Gasteiger partial charge in [-0.1, -0.05) is 12.1 Å². The van der Waals surface area contributed by atoms with Gasteiger partial charge in [0.25, 0.3) is 5.91 Å². The van der Waals surface area contributed by atoms with E-state index in [0.29, 0.717) is 0 Å². The summed E-state index contributed by atoms with van der Waals surface area (Å²) in [6.45, 7) is -1.19. The summed E-state index contributed by atoms with van der Waals surface area (Å²) in [5, 5.41) is 4.46. The first kappa shape index (κ1) is 21.6. The largest absolute Gasteiger partial charge is 0.450 e. The lowest BCUT2D eigenvalue weighted by molar-refractivity contribution is -0.126. The van der Waals surface area contributed by atoms with Crippen molar-refractivity contribution in [2.45, 2.75) is 0 Å². The number of amides is 2. The van der Waals surface area contributed by atoms with Crippen LogP contribution in [-0.2, 0) is 14.3 Å². The lowest BCUT2D eigenvalue weighted by Gasteiger charge is -2.07. The van der Waals surface area contributed by atoms with Crippen molar-refractivity contribution in [1.29, 1.82) is 0 Å². The molecule has 0 saturated heterocycles. The summed E-state index contributed by atoms with van der Waals surface area (Å²) in [7, 11) is 0. The van der Waals surface area contributed by atoms with Gasteiger partial charge >= 0.3 is 5.97 Å². The SMILES string of the molecule is O=C(COC(=O)c1ccc(-c2ccccc2F)o1)NCC(=O)Nc1ccc(F)c(F)c1. The number of anilines is 1. The van der Waals surface area contributed by atoms with E-state index in [1.165, 1.54) is 30.3 Å². The van der Waals surface area contributed by atoms with E-state index in [-0.39, 0.29) is 22.8 Å². The molecule has 10 heteroatoms. The molecule has 1 heterocycles. The minimum atomic E-state index is -1.13. The Hall–Kier alpha value is -4.08. The Morgan fingerprint density at radius 1 is 0.871 bits per heavy atom. The molecule has 31 heavy (non-hydrogen) atoms. The first-order valence-electron chi connectivity index (χ1n) is 8.87. The van der Waals surface area contributed by atoms with E-state index in [1.54, 1.807) is 6.07 Å². The second-order valence-corrected chi connectivity index (χ2v) is 6.17. The van der Waals surface area contributed by atoms with Gasteiger partial charge in [-0.15, -0.1) is 0 Å². The van der Waals surface area contributed by atoms with Crippen molar-refractivity contribution in [2.24, 2.45) is 0 Å². The second-order valence-electron chi connectivity index (χ2n) is 6.17. The summed E-state index contributed by atoms with van der Waals surface area (Å²) in [6.07, 6.45) is 0. The van der Waals surface area contributed by atoms with Crippen LogP contribution in [0, 0.1) is 17.5 Å². The fourth-order valence-electron chi connectivity index (χ4n) is 2.46. The van der Waals surface area contributed by atoms with Gasteiger partial charge < -0.3 is 19.8 Å². The third kappa shape index (κ3) is 5.72. The smallest absolute Gasteiger partial charge is 0.374 e. The minimum Gasteiger partial charge on any atom is -0.450 e. The molecule has 0 unspecified atom stereocenters. The highest BCUT2D eigenvalue weighted by Crippen LogP contribution is 2.25. The molecular weight excluding hydrogens is 417 g/mol. The van der Waals surface area contributed by atoms with E-state index in [9.17, 15) is 27.6 Å². The highest BCUT2D eigenvalue weighted by Gasteiger charge is 2.17. The van der Waals surface area contributed by atoms with Crippen molar-refractivity contribution in [3.05, 3.63) is 77.8 Å². The molecule has 0 atom stereocenters. The van der Waals surface area contributed by atoms with Crippen LogP contribution in [0.1, 0.15) is 10.6 Å². The molecule has 3 aromatic rings. The highest BCUT2D eigenvalue weighted by atomic mass is 19.2. The van der Waals surface area contributed by atoms with Crippen LogP contribution in [0.3, 0.4) is 0 Å². The molecule has 0 aliphatic rings. The van der Waals surface area contributed by atoms with Gasteiger partial charge in [0.15, 0.2) is 18.2 Å². The normalized spacial score (nSPS) is 10.4. The zero-order chi connectivity index (χ0) is 22.4. The van der Waals surface area contributed by atoms with Crippen LogP contribution in [0.2, 0.25) is 0 Å². The Labute approximate surface area is 173 Å². The summed E-state index contributed by atoms with van der Waals surface area (Å²) >= 11 is 0. The number of nitrogens with one attached hydrogen (secondary N) is 2. The maximum atomic E-state index is 13.8. The van der Waals surface area contributed by atoms with Gasteiger partial charge in [0.05, 0.1) is 12.1 Å². The van der Waals surface area contributed by atoms with Crippen LogP contribution < -0.4 is 10.6 Å². The van der Waals surface area contributed by atoms with E-state index in [4.69, 9.17) is 9.15 Å². The van der Waals surface area contributed by atoms with Crippen LogP contribution in [-0.4, -0.2) is 30.9 Å². The molecule has 2 amide bonds. The molecular formula is C21H15F3N2O5. The van der Waals surface area contributed by atoms with Crippen LogP contribution >= 0.6 is 0 Å². The Morgan fingerprint density at radius 2 is 1.65 bits per heavy atom. The third-order valence-corrected chi connectivity index (χ3v) is 3.93. The molecule has 0 spiro atoms. The van der Waals surface area contributed by atoms with Gasteiger partial charge in [-0.3, -0.25) is 9.59 Å². The summed E-state index contributed by atoms with van der Waals surface area (Å²) in [5.41, 5.74) is 0.166. The van der Waals surface area contributed by atoms with Gasteiger partial charge in [0, 0.05) is 11.8 Å². The third-order valence-electron chi connectivity index (χ3n) is 3.93. The topological polar surface area (TPSA) is 97.6 Å². The van der Waals surface area contributed by atoms with Crippen LogP contribution in [0.5, 0.6) is 0 Å². The molecule has 0 aliphatic heterocycles. The molecule has 2 aromatic carbocycles. The monoisotopic (exact) mass is 432 g/mol. The Morgan fingerprint density at radius 3 is 2.39 bits per heavy atom. The van der Waals surface area contributed by atoms with Crippen molar-refractivity contribution in [1.82, 2.24) is 5.32 Å². The molecule has 0 bridgehead atoms. The standard InChI is InChI=1S/C21H15F3N2O5/c22-14-4-2-1-3-13(14)17-7-8-18(31-17)21(29)30-11-20(28)25-10-19(27)26-12-5-6-15(23)16(24)9-12/h1-9H,10-11H2,(H,25,28)(H,26,27). The molecule has 0 saturated carbocycles. The van der Waals surface area contributed by atoms with E-state index in [1.807, 2.05) is 0 Å². The first-order valence-corrected chi connectivity index (χ1v) is 8.87. The molecule has 0 radical (unpaired) electrons. The van der Waals surface area contributed by atoms with Crippen molar-refractivity contribution >= 4 is 23.5 Å². The van der Waals surface area contributed by atoms with Crippen LogP contribution in [0.4, 0.5) is 18.9 Å². The molecule has 160 valence electrons. The van der Waals surface area contributed by atoms with Crippen molar-refractivity contribution in [3.8, 4) is 11.3 Å². The number of hydrogen-bond acceptors (Lipinski definition) is 5. The summed E-state index contributed by atoms with van der Waals surface area (Å²) in [6, 6.07) is 11.3. The predicted octanol–water partition coefficient (Wildman–Crippen LogP) is 3.28. The van der Waals surface area contributed by atoms with Gasteiger partial charge in [-0.05, 0) is 36.4 Å². The van der Waals surface area contributed by atoms with Gasteiger partial charge in [0.2, 0.25) is 11.7 Å². The van der Waals surface area contributed by atoms with Crippen molar-refractivity contribution in [3.63, 3.8) is 0 Å². The number of carbonyl (C=O) groups is 3. The van der Waals surface area contributed by atoms with E-state index < -0.39 is 48.4 Å². The van der Waals surface area contributed by atoms with E-state index in [2.05, 4.69) is 10.6 Å². The maximum Gasteiger partial charge on any atom is 0.374 e. The van der Waals surface area contributed by atoms with Crippen molar-refractivity contribution < 1.29 is 36.7 Å². The van der Waals surface area contributed by atoms with E-state index >= 15 is 0 Å². The van der Waals surface area contributed by atoms with Gasteiger partial charge in [-0.25, -0.2) is 18.0 Å². The number of hydrogen-bond donors (Lipinski definition) is 2. The van der Waals surface area contributed by atoms with Gasteiger partial charge in [-0.2, -0.15) is 0 Å². The molecule has 0 fully saturated rings. The number of halogens is 3. The summed E-state index contributed by atoms with van der Waals surface area (Å²) < 4.78 is 49.8. The maximum absolute atomic E-state index is 13.8. The number of esters is 1. The minimum absolute atomic E-state index is 0.00746. The predicted molar refractivity (Wildman–Crippen MR) is 102 cm³/mol. The number of ether oxygens (including phenoxy) is 1. The molecule has 3 rings (SSSR count). The zero-order valence-electron chi connectivity index (χ0n) is 15.8. The first-order chi connectivity index (χ1) is 14.8. The Kier molecular flexibility index (Phi) is 6.71. The molecule has 2 N–H and O–H groups in total. The summed E-state index contributed by atoms with van der Waals surface area (Å²) in [4.78, 5) is 35.5. The lowest BCUT2D eigenvalue weighted by Crippen LogP contribution is -2.35. The zero-order valence-corrected chi connectivity index (χ0v) is 15.8. The van der Waals surface area contributed by atoms with Crippen molar-refractivity contribution in [2.75, 3.05) is 18.5 Å². The second kappa shape index (κ2) is 9.61. The molecule has 1 aromatic heterocycles. The van der Waals surface area contributed by atoms with Crippen LogP contribution in [0.15, 0.2) is 59.0 Å². The number of rotatable bonds is 7. The molecule has 0 aliphatic carbocycles. The van der Waals surface area contributed by atoms with Gasteiger partial charge in [0.1, 0.15) is 11.6 Å². The summed E-state index contributed by atoms with van der Waals surface area (Å²) in [5.74, 6) is -5.29. The average molecular weight is 432 g/mol. The Balaban J connectivity index is 1.45. The quantitative estimate of drug-likeness (QED) is 0.559. The van der Waals surface area contributed by atoms with Crippen LogP contribution in [0.25, 0.3) is 11.3 Å². The highest BCUT2D eigenvalue weighted by molar-refractivity contribution is 5.95. The van der Waals surface area contributed by atoms with E-state index in [0.717, 1.165) is 18.2 Å².